The standard InChI is InChI=1S/C5H9.H2N.Pd/c1-2-4-5-3-1;;/h1H,2-5H2;1H2;/q2*-1;+2. The SMILES string of the molecule is [CH-]1CCCC1.[NH2-].[Pd+2]. The molecule has 0 aromatic rings. The van der Waals surface area contributed by atoms with Gasteiger partial charge in [0.15, 0.2) is 0 Å². The van der Waals surface area contributed by atoms with E-state index >= 15 is 0 Å². The molecule has 0 bridgehead atoms. The fraction of sp³-hybridized carbons (Fsp3) is 0.800. The predicted molar refractivity (Wildman–Crippen MR) is 28.1 cm³/mol. The van der Waals surface area contributed by atoms with E-state index in [0.717, 1.165) is 0 Å². The second-order valence-electron chi connectivity index (χ2n) is 1.57. The van der Waals surface area contributed by atoms with Crippen LogP contribution in [-0.2, 0) is 20.4 Å². The Hall–Kier alpha value is 0.622. The van der Waals surface area contributed by atoms with Gasteiger partial charge in [0.25, 0.3) is 0 Å². The van der Waals surface area contributed by atoms with E-state index in [1.807, 2.05) is 0 Å². The Morgan fingerprint density at radius 2 is 1.43 bits per heavy atom. The number of hydrogen-bond acceptors (Lipinski definition) is 0. The van der Waals surface area contributed by atoms with Crippen molar-refractivity contribution in [3.05, 3.63) is 12.6 Å². The summed E-state index contributed by atoms with van der Waals surface area (Å²) in [5.74, 6) is 0. The topological polar surface area (TPSA) is 33.5 Å². The van der Waals surface area contributed by atoms with Gasteiger partial charge >= 0.3 is 20.4 Å². The van der Waals surface area contributed by atoms with Crippen LogP contribution in [-0.4, -0.2) is 0 Å². The molecule has 1 aliphatic rings. The minimum absolute atomic E-state index is 0. The van der Waals surface area contributed by atoms with Crippen molar-refractivity contribution in [1.82, 2.24) is 0 Å². The molecule has 0 spiro atoms. The molecule has 2 N–H and O–H groups in total. The monoisotopic (exact) mass is 191 g/mol. The second kappa shape index (κ2) is 6.62. The molecule has 0 saturated heterocycles. The van der Waals surface area contributed by atoms with Gasteiger partial charge in [-0.05, 0) is 0 Å². The average Bonchev–Trinajstić information content (AvgIpc) is 1.76. The van der Waals surface area contributed by atoms with Crippen LogP contribution in [0.25, 0.3) is 6.15 Å². The smallest absolute Gasteiger partial charge is 0.693 e. The summed E-state index contributed by atoms with van der Waals surface area (Å²) in [7, 11) is 0. The van der Waals surface area contributed by atoms with Crippen molar-refractivity contribution in [3.8, 4) is 0 Å². The molecule has 0 heterocycles. The maximum atomic E-state index is 2.36. The van der Waals surface area contributed by atoms with Gasteiger partial charge in [0.1, 0.15) is 0 Å². The third-order valence-electron chi connectivity index (χ3n) is 1.07. The normalized spacial score (nSPS) is 17.1. The van der Waals surface area contributed by atoms with E-state index in [-0.39, 0.29) is 26.6 Å². The van der Waals surface area contributed by atoms with Gasteiger partial charge in [-0.15, -0.1) is 0 Å². The summed E-state index contributed by atoms with van der Waals surface area (Å²) in [6, 6.07) is 0. The number of hydrogen-bond donors (Lipinski definition) is 0. The van der Waals surface area contributed by atoms with Crippen molar-refractivity contribution in [2.75, 3.05) is 0 Å². The Morgan fingerprint density at radius 1 is 1.00 bits per heavy atom. The molecule has 1 nitrogen and oxygen atoms in total. The van der Waals surface area contributed by atoms with E-state index in [2.05, 4.69) is 6.42 Å². The molecule has 0 aliphatic heterocycles. The Labute approximate surface area is 59.1 Å². The minimum atomic E-state index is 0. The number of rotatable bonds is 0. The van der Waals surface area contributed by atoms with Crippen LogP contribution in [0.1, 0.15) is 25.7 Å². The van der Waals surface area contributed by atoms with Crippen molar-refractivity contribution in [3.63, 3.8) is 0 Å². The van der Waals surface area contributed by atoms with E-state index in [4.69, 9.17) is 0 Å². The van der Waals surface area contributed by atoms with Crippen LogP contribution in [0.2, 0.25) is 0 Å². The van der Waals surface area contributed by atoms with E-state index in [1.54, 1.807) is 0 Å². The van der Waals surface area contributed by atoms with E-state index < -0.39 is 0 Å². The maximum Gasteiger partial charge on any atom is 2.00 e. The van der Waals surface area contributed by atoms with E-state index in [1.165, 1.54) is 25.7 Å². The van der Waals surface area contributed by atoms with Crippen molar-refractivity contribution < 1.29 is 20.4 Å². The Bertz CT molecular complexity index is 19.7. The van der Waals surface area contributed by atoms with E-state index in [0.29, 0.717) is 0 Å². The summed E-state index contributed by atoms with van der Waals surface area (Å²) in [4.78, 5) is 0. The molecule has 7 heavy (non-hydrogen) atoms. The molecule has 0 amide bonds. The van der Waals surface area contributed by atoms with Crippen LogP contribution in [0.4, 0.5) is 0 Å². The molecule has 0 unspecified atom stereocenters. The third kappa shape index (κ3) is 4.48. The van der Waals surface area contributed by atoms with Crippen LogP contribution < -0.4 is 0 Å². The fourth-order valence-electron chi connectivity index (χ4n) is 0.722. The van der Waals surface area contributed by atoms with Crippen LogP contribution in [0.15, 0.2) is 0 Å². The second-order valence-corrected chi connectivity index (χ2v) is 1.57. The van der Waals surface area contributed by atoms with Crippen molar-refractivity contribution in [1.29, 1.82) is 0 Å². The average molecular weight is 192 g/mol. The van der Waals surface area contributed by atoms with Gasteiger partial charge in [-0.25, -0.2) is 0 Å². The first kappa shape index (κ1) is 10.6. The quantitative estimate of drug-likeness (QED) is 0.416. The molecule has 0 aromatic heterocycles. The fourth-order valence-corrected chi connectivity index (χ4v) is 0.722. The summed E-state index contributed by atoms with van der Waals surface area (Å²) in [6.45, 7) is 0. The molecule has 46 valence electrons. The van der Waals surface area contributed by atoms with Crippen molar-refractivity contribution >= 4 is 0 Å². The minimum Gasteiger partial charge on any atom is -0.693 e. The zero-order valence-corrected chi connectivity index (χ0v) is 5.85. The summed E-state index contributed by atoms with van der Waals surface area (Å²) in [5, 5.41) is 0. The van der Waals surface area contributed by atoms with Crippen molar-refractivity contribution in [2.45, 2.75) is 25.7 Å². The van der Waals surface area contributed by atoms with Crippen molar-refractivity contribution in [2.24, 2.45) is 0 Å². The van der Waals surface area contributed by atoms with Gasteiger partial charge in [0.05, 0.1) is 0 Å². The zero-order chi connectivity index (χ0) is 3.54. The first-order valence-electron chi connectivity index (χ1n) is 2.32. The Kier molecular flexibility index (Phi) is 10.0. The summed E-state index contributed by atoms with van der Waals surface area (Å²) >= 11 is 0. The third-order valence-corrected chi connectivity index (χ3v) is 1.07. The largest absolute Gasteiger partial charge is 2.00 e. The molecule has 1 saturated carbocycles. The number of nitrogens with two attached hydrogens (primary N) is 1. The molecule has 1 fully saturated rings. The zero-order valence-electron chi connectivity index (χ0n) is 4.30. The van der Waals surface area contributed by atoms with Crippen LogP contribution in [0.5, 0.6) is 0 Å². The molecule has 0 radical (unpaired) electrons. The van der Waals surface area contributed by atoms with Crippen LogP contribution >= 0.6 is 0 Å². The summed E-state index contributed by atoms with van der Waals surface area (Å²) in [5.41, 5.74) is 0. The van der Waals surface area contributed by atoms with Gasteiger partial charge in [0.2, 0.25) is 0 Å². The van der Waals surface area contributed by atoms with Gasteiger partial charge in [-0.1, -0.05) is 12.8 Å². The van der Waals surface area contributed by atoms with Gasteiger partial charge < -0.3 is 12.6 Å². The maximum absolute atomic E-state index is 2.36. The van der Waals surface area contributed by atoms with Gasteiger partial charge in [-0.3, -0.25) is 0 Å². The molecular formula is C5H11NPd. The van der Waals surface area contributed by atoms with Gasteiger partial charge in [0, 0.05) is 0 Å². The molecule has 2 heteroatoms. The summed E-state index contributed by atoms with van der Waals surface area (Å²) in [6.07, 6.45) is 8.00. The predicted octanol–water partition coefficient (Wildman–Crippen LogP) is 2.48. The van der Waals surface area contributed by atoms with Crippen LogP contribution in [0, 0.1) is 6.42 Å². The first-order valence-corrected chi connectivity index (χ1v) is 2.32. The molecule has 1 rings (SSSR count). The van der Waals surface area contributed by atoms with Crippen LogP contribution in [0.3, 0.4) is 0 Å². The molecule has 1 aliphatic carbocycles. The first-order chi connectivity index (χ1) is 2.50. The Balaban J connectivity index is 0. The summed E-state index contributed by atoms with van der Waals surface area (Å²) < 4.78 is 0. The van der Waals surface area contributed by atoms with E-state index in [9.17, 15) is 0 Å². The van der Waals surface area contributed by atoms with Gasteiger partial charge in [-0.2, -0.15) is 12.8 Å². The molecule has 0 atom stereocenters. The molecular weight excluding hydrogens is 180 g/mol. The Morgan fingerprint density at radius 3 is 1.57 bits per heavy atom. The molecule has 0 aromatic carbocycles.